The van der Waals surface area contributed by atoms with Crippen LogP contribution in [-0.4, -0.2) is 15.5 Å². The second-order valence-corrected chi connectivity index (χ2v) is 8.07. The number of hydrogen-bond donors (Lipinski definition) is 1. The second kappa shape index (κ2) is 8.81. The summed E-state index contributed by atoms with van der Waals surface area (Å²) in [5.74, 6) is 1.09. The molecule has 154 valence electrons. The van der Waals surface area contributed by atoms with Gasteiger partial charge in [-0.05, 0) is 80.5 Å². The van der Waals surface area contributed by atoms with Gasteiger partial charge in [0.25, 0.3) is 0 Å². The van der Waals surface area contributed by atoms with Crippen molar-refractivity contribution in [1.29, 1.82) is 0 Å². The average Bonchev–Trinajstić information content (AvgIpc) is 3.06. The maximum atomic E-state index is 12.5. The van der Waals surface area contributed by atoms with Crippen molar-refractivity contribution in [3.63, 3.8) is 0 Å². The Bertz CT molecular complexity index is 1000. The lowest BCUT2D eigenvalue weighted by Crippen LogP contribution is -2.30. The van der Waals surface area contributed by atoms with Gasteiger partial charge >= 0.3 is 0 Å². The van der Waals surface area contributed by atoms with Gasteiger partial charge in [0.1, 0.15) is 5.82 Å². The zero-order valence-electron chi connectivity index (χ0n) is 18.6. The Hall–Kier alpha value is -2.62. The van der Waals surface area contributed by atoms with Gasteiger partial charge in [-0.2, -0.15) is 0 Å². The van der Waals surface area contributed by atoms with Gasteiger partial charge in [-0.1, -0.05) is 32.0 Å². The van der Waals surface area contributed by atoms with Crippen molar-refractivity contribution in [3.8, 4) is 0 Å². The van der Waals surface area contributed by atoms with Gasteiger partial charge in [-0.15, -0.1) is 0 Å². The molecule has 1 aromatic heterocycles. The van der Waals surface area contributed by atoms with Crippen molar-refractivity contribution < 1.29 is 4.79 Å². The largest absolute Gasteiger partial charge is 0.349 e. The number of nitrogens with one attached hydrogen (secondary N) is 1. The van der Waals surface area contributed by atoms with Crippen LogP contribution in [0.4, 0.5) is 0 Å². The van der Waals surface area contributed by atoms with Crippen molar-refractivity contribution in [2.75, 3.05) is 0 Å². The first kappa shape index (κ1) is 21.1. The molecule has 4 heteroatoms. The lowest BCUT2D eigenvalue weighted by atomic mass is 9.94. The average molecular weight is 392 g/mol. The number of rotatable bonds is 7. The maximum absolute atomic E-state index is 12.5. The topological polar surface area (TPSA) is 46.9 Å². The molecule has 0 fully saturated rings. The van der Waals surface area contributed by atoms with E-state index < -0.39 is 0 Å². The van der Waals surface area contributed by atoms with Crippen molar-refractivity contribution in [3.05, 3.63) is 64.0 Å². The third-order valence-electron chi connectivity index (χ3n) is 6.35. The van der Waals surface area contributed by atoms with Gasteiger partial charge < -0.3 is 9.88 Å². The summed E-state index contributed by atoms with van der Waals surface area (Å²) in [5.41, 5.74) is 8.72. The SMILES string of the molecule is CCC(CC)C(=O)NCc1nc2ccccc2n1Cc1c(C)c(C)cc(C)c1C. The fraction of sp³-hybridized carbons (Fsp3) is 0.440. The summed E-state index contributed by atoms with van der Waals surface area (Å²) in [5, 5.41) is 3.12. The Morgan fingerprint density at radius 1 is 1.03 bits per heavy atom. The third kappa shape index (κ3) is 4.21. The summed E-state index contributed by atoms with van der Waals surface area (Å²) in [6.45, 7) is 14.1. The number of para-hydroxylation sites is 2. The molecule has 0 saturated heterocycles. The van der Waals surface area contributed by atoms with E-state index in [4.69, 9.17) is 4.98 Å². The number of nitrogens with zero attached hydrogens (tertiary/aromatic N) is 2. The fourth-order valence-electron chi connectivity index (χ4n) is 4.10. The molecule has 3 aromatic rings. The summed E-state index contributed by atoms with van der Waals surface area (Å²) in [7, 11) is 0. The molecule has 4 nitrogen and oxygen atoms in total. The molecule has 0 aliphatic heterocycles. The van der Waals surface area contributed by atoms with E-state index in [1.165, 1.54) is 27.8 Å². The van der Waals surface area contributed by atoms with E-state index in [1.54, 1.807) is 0 Å². The lowest BCUT2D eigenvalue weighted by molar-refractivity contribution is -0.125. The minimum atomic E-state index is 0.0664. The Labute approximate surface area is 174 Å². The fourth-order valence-corrected chi connectivity index (χ4v) is 4.10. The van der Waals surface area contributed by atoms with Gasteiger partial charge in [-0.3, -0.25) is 4.79 Å². The molecular formula is C25H33N3O. The highest BCUT2D eigenvalue weighted by Crippen LogP contribution is 2.25. The Morgan fingerprint density at radius 2 is 1.66 bits per heavy atom. The Morgan fingerprint density at radius 3 is 2.28 bits per heavy atom. The molecule has 0 spiro atoms. The first-order chi connectivity index (χ1) is 13.9. The number of imidazole rings is 1. The lowest BCUT2D eigenvalue weighted by Gasteiger charge is -2.18. The van der Waals surface area contributed by atoms with E-state index in [-0.39, 0.29) is 11.8 Å². The van der Waals surface area contributed by atoms with E-state index in [9.17, 15) is 4.79 Å². The first-order valence-corrected chi connectivity index (χ1v) is 10.6. The number of aromatic nitrogens is 2. The molecule has 0 atom stereocenters. The monoisotopic (exact) mass is 391 g/mol. The molecule has 1 N–H and O–H groups in total. The molecule has 3 rings (SSSR count). The number of fused-ring (bicyclic) bond motifs is 1. The predicted molar refractivity (Wildman–Crippen MR) is 120 cm³/mol. The quantitative estimate of drug-likeness (QED) is 0.588. The normalized spacial score (nSPS) is 11.4. The molecule has 0 radical (unpaired) electrons. The number of carbonyl (C=O) groups is 1. The van der Waals surface area contributed by atoms with E-state index in [2.05, 4.69) is 63.6 Å². The summed E-state index contributed by atoms with van der Waals surface area (Å²) in [4.78, 5) is 17.4. The molecule has 0 aliphatic carbocycles. The van der Waals surface area contributed by atoms with Gasteiger partial charge in [0.2, 0.25) is 5.91 Å². The van der Waals surface area contributed by atoms with Gasteiger partial charge in [0.05, 0.1) is 17.6 Å². The van der Waals surface area contributed by atoms with E-state index >= 15 is 0 Å². The highest BCUT2D eigenvalue weighted by atomic mass is 16.1. The van der Waals surface area contributed by atoms with E-state index in [0.717, 1.165) is 36.2 Å². The molecule has 0 aliphatic rings. The molecule has 1 amide bonds. The van der Waals surface area contributed by atoms with Crippen LogP contribution in [0.15, 0.2) is 30.3 Å². The van der Waals surface area contributed by atoms with Crippen LogP contribution in [0, 0.1) is 33.6 Å². The Kier molecular flexibility index (Phi) is 6.41. The number of aryl methyl sites for hydroxylation is 2. The molecule has 29 heavy (non-hydrogen) atoms. The van der Waals surface area contributed by atoms with Crippen LogP contribution in [0.2, 0.25) is 0 Å². The zero-order chi connectivity index (χ0) is 21.1. The molecule has 0 unspecified atom stereocenters. The number of benzene rings is 2. The highest BCUT2D eigenvalue weighted by Gasteiger charge is 2.18. The number of hydrogen-bond acceptors (Lipinski definition) is 2. The first-order valence-electron chi connectivity index (χ1n) is 10.6. The van der Waals surface area contributed by atoms with Crippen molar-refractivity contribution in [2.24, 2.45) is 5.92 Å². The molecule has 1 heterocycles. The maximum Gasteiger partial charge on any atom is 0.223 e. The van der Waals surface area contributed by atoms with Crippen LogP contribution < -0.4 is 5.32 Å². The van der Waals surface area contributed by atoms with Crippen LogP contribution in [0.25, 0.3) is 11.0 Å². The van der Waals surface area contributed by atoms with Crippen molar-refractivity contribution in [1.82, 2.24) is 14.9 Å². The van der Waals surface area contributed by atoms with Gasteiger partial charge in [-0.25, -0.2) is 4.98 Å². The van der Waals surface area contributed by atoms with Crippen LogP contribution >= 0.6 is 0 Å². The van der Waals surface area contributed by atoms with Crippen LogP contribution in [-0.2, 0) is 17.9 Å². The van der Waals surface area contributed by atoms with E-state index in [1.807, 2.05) is 18.2 Å². The standard InChI is InChI=1S/C25H33N3O/c1-7-20(8-2)25(29)26-14-24-27-22-11-9-10-12-23(22)28(24)15-21-18(5)16(3)13-17(4)19(21)6/h9-13,20H,7-8,14-15H2,1-6H3,(H,26,29). The molecule has 0 bridgehead atoms. The van der Waals surface area contributed by atoms with Gasteiger partial charge in [0.15, 0.2) is 0 Å². The smallest absolute Gasteiger partial charge is 0.223 e. The number of amides is 1. The summed E-state index contributed by atoms with van der Waals surface area (Å²) in [6, 6.07) is 10.5. The summed E-state index contributed by atoms with van der Waals surface area (Å²) < 4.78 is 2.26. The second-order valence-electron chi connectivity index (χ2n) is 8.07. The van der Waals surface area contributed by atoms with Crippen molar-refractivity contribution >= 4 is 16.9 Å². The van der Waals surface area contributed by atoms with Crippen molar-refractivity contribution in [2.45, 2.75) is 67.5 Å². The minimum Gasteiger partial charge on any atom is -0.349 e. The minimum absolute atomic E-state index is 0.0664. The van der Waals surface area contributed by atoms with Crippen LogP contribution in [0.3, 0.4) is 0 Å². The van der Waals surface area contributed by atoms with Crippen LogP contribution in [0.1, 0.15) is 60.3 Å². The molecule has 2 aromatic carbocycles. The zero-order valence-corrected chi connectivity index (χ0v) is 18.6. The number of carbonyl (C=O) groups excluding carboxylic acids is 1. The Balaban J connectivity index is 2.00. The predicted octanol–water partition coefficient (Wildman–Crippen LogP) is 5.37. The summed E-state index contributed by atoms with van der Waals surface area (Å²) >= 11 is 0. The van der Waals surface area contributed by atoms with Crippen LogP contribution in [0.5, 0.6) is 0 Å². The molecular weight excluding hydrogens is 358 g/mol. The highest BCUT2D eigenvalue weighted by molar-refractivity contribution is 5.79. The van der Waals surface area contributed by atoms with E-state index in [0.29, 0.717) is 6.54 Å². The summed E-state index contributed by atoms with van der Waals surface area (Å²) in [6.07, 6.45) is 1.72. The molecule has 0 saturated carbocycles. The van der Waals surface area contributed by atoms with Gasteiger partial charge in [0, 0.05) is 12.5 Å². The third-order valence-corrected chi connectivity index (χ3v) is 6.35.